The fraction of sp³-hybridized carbons (Fsp3) is 0.286. The van der Waals surface area contributed by atoms with Gasteiger partial charge in [-0.3, -0.25) is 14.5 Å². The lowest BCUT2D eigenvalue weighted by atomic mass is 10.1. The lowest BCUT2D eigenvalue weighted by molar-refractivity contribution is -0.124. The van der Waals surface area contributed by atoms with E-state index in [1.165, 1.54) is 16.2 Å². The Balaban J connectivity index is 1.37. The number of thiophene rings is 1. The summed E-state index contributed by atoms with van der Waals surface area (Å²) in [5.41, 5.74) is 1.76. The Labute approximate surface area is 176 Å². The molecule has 8 heteroatoms. The summed E-state index contributed by atoms with van der Waals surface area (Å²) >= 11 is 2.45. The third-order valence-corrected chi connectivity index (χ3v) is 6.76. The third kappa shape index (κ3) is 4.44. The van der Waals surface area contributed by atoms with E-state index in [9.17, 15) is 14.7 Å². The number of hydrogen-bond acceptors (Lipinski definition) is 7. The first-order valence-electron chi connectivity index (χ1n) is 9.27. The van der Waals surface area contributed by atoms with Gasteiger partial charge in [-0.1, -0.05) is 30.0 Å². The van der Waals surface area contributed by atoms with Crippen molar-refractivity contribution in [1.82, 2.24) is 9.88 Å². The molecule has 3 aromatic rings. The molecule has 0 radical (unpaired) electrons. The van der Waals surface area contributed by atoms with Gasteiger partial charge in [0.2, 0.25) is 11.8 Å². The first kappa shape index (κ1) is 19.9. The van der Waals surface area contributed by atoms with Crippen molar-refractivity contribution in [3.05, 3.63) is 63.7 Å². The maximum Gasteiger partial charge on any atom is 0.289 e. The number of oxazole rings is 1. The Morgan fingerprint density at radius 1 is 1.21 bits per heavy atom. The normalized spacial score (nSPS) is 15.3. The van der Waals surface area contributed by atoms with Crippen LogP contribution >= 0.6 is 23.1 Å². The minimum Gasteiger partial charge on any atom is -0.441 e. The summed E-state index contributed by atoms with van der Waals surface area (Å²) in [7, 11) is 0. The lowest BCUT2D eigenvalue weighted by Crippen LogP contribution is -2.27. The van der Waals surface area contributed by atoms with Crippen molar-refractivity contribution in [1.29, 1.82) is 0 Å². The van der Waals surface area contributed by atoms with Crippen LogP contribution < -0.4 is 0 Å². The Bertz CT molecular complexity index is 1010. The summed E-state index contributed by atoms with van der Waals surface area (Å²) in [6.07, 6.45) is 0.472. The van der Waals surface area contributed by atoms with Gasteiger partial charge < -0.3 is 9.52 Å². The average molecular weight is 429 g/mol. The molecule has 1 fully saturated rings. The summed E-state index contributed by atoms with van der Waals surface area (Å²) in [6.45, 7) is 2.15. The van der Waals surface area contributed by atoms with Crippen LogP contribution in [0.25, 0.3) is 11.5 Å². The zero-order valence-corrected chi connectivity index (χ0v) is 17.5. The molecule has 0 saturated carbocycles. The van der Waals surface area contributed by atoms with Gasteiger partial charge in [-0.05, 0) is 44.0 Å². The number of benzene rings is 1. The van der Waals surface area contributed by atoms with Crippen LogP contribution in [0.1, 0.15) is 33.7 Å². The number of carbonyl (C=O) groups excluding carboxylic acids is 2. The zero-order chi connectivity index (χ0) is 20.4. The van der Waals surface area contributed by atoms with E-state index < -0.39 is 6.10 Å². The van der Waals surface area contributed by atoms with Gasteiger partial charge >= 0.3 is 0 Å². The highest BCUT2D eigenvalue weighted by atomic mass is 32.2. The van der Waals surface area contributed by atoms with Crippen molar-refractivity contribution in [3.63, 3.8) is 0 Å². The number of thioether (sulfide) groups is 1. The zero-order valence-electron chi connectivity index (χ0n) is 15.8. The molecule has 29 heavy (non-hydrogen) atoms. The van der Waals surface area contributed by atoms with Crippen LogP contribution in [0.4, 0.5) is 4.79 Å². The third-order valence-electron chi connectivity index (χ3n) is 4.73. The lowest BCUT2D eigenvalue weighted by Gasteiger charge is -2.11. The van der Waals surface area contributed by atoms with E-state index in [2.05, 4.69) is 4.98 Å². The van der Waals surface area contributed by atoms with E-state index in [-0.39, 0.29) is 23.4 Å². The molecule has 4 rings (SSSR count). The number of aryl methyl sites for hydroxylation is 2. The molecular weight excluding hydrogens is 408 g/mol. The van der Waals surface area contributed by atoms with Crippen molar-refractivity contribution in [2.45, 2.75) is 32.4 Å². The van der Waals surface area contributed by atoms with Crippen molar-refractivity contribution in [2.75, 3.05) is 5.75 Å². The van der Waals surface area contributed by atoms with Gasteiger partial charge in [-0.25, -0.2) is 4.98 Å². The number of carbonyl (C=O) groups is 2. The molecule has 0 aliphatic carbocycles. The Morgan fingerprint density at radius 2 is 2.00 bits per heavy atom. The van der Waals surface area contributed by atoms with Gasteiger partial charge in [0.15, 0.2) is 0 Å². The van der Waals surface area contributed by atoms with Crippen LogP contribution in [-0.4, -0.2) is 31.9 Å². The maximum atomic E-state index is 11.7. The number of amides is 2. The number of rotatable bonds is 7. The fourth-order valence-corrected chi connectivity index (χ4v) is 4.88. The van der Waals surface area contributed by atoms with E-state index in [4.69, 9.17) is 4.42 Å². The summed E-state index contributed by atoms with van der Waals surface area (Å²) < 4.78 is 5.78. The molecule has 1 atom stereocenters. The molecule has 0 spiro atoms. The van der Waals surface area contributed by atoms with Gasteiger partial charge in [-0.2, -0.15) is 0 Å². The number of aliphatic hydroxyl groups excluding tert-OH is 1. The van der Waals surface area contributed by atoms with E-state index in [0.717, 1.165) is 38.5 Å². The summed E-state index contributed by atoms with van der Waals surface area (Å²) in [6, 6.07) is 13.4. The first-order chi connectivity index (χ1) is 14.0. The monoisotopic (exact) mass is 428 g/mol. The molecule has 1 aliphatic rings. The molecule has 2 aromatic heterocycles. The van der Waals surface area contributed by atoms with Gasteiger partial charge in [0.25, 0.3) is 5.24 Å². The summed E-state index contributed by atoms with van der Waals surface area (Å²) in [5, 5.41) is 10.4. The number of aliphatic hydroxyl groups is 1. The van der Waals surface area contributed by atoms with Crippen LogP contribution in [0.5, 0.6) is 0 Å². The van der Waals surface area contributed by atoms with Crippen LogP contribution in [0.15, 0.2) is 46.9 Å². The maximum absolute atomic E-state index is 11.7. The predicted octanol–water partition coefficient (Wildman–Crippen LogP) is 4.57. The van der Waals surface area contributed by atoms with Crippen molar-refractivity contribution in [2.24, 2.45) is 0 Å². The number of aromatic nitrogens is 1. The molecule has 1 unspecified atom stereocenters. The average Bonchev–Trinajstić information content (AvgIpc) is 3.43. The van der Waals surface area contributed by atoms with E-state index in [1.807, 2.05) is 49.4 Å². The molecule has 1 aliphatic heterocycles. The standard InChI is InChI=1S/C21H20N2O4S2/c1-13-16(22-20(27-13)14-5-3-2-4-6-14)8-9-17(24)18-10-7-15(29-18)11-23-19(25)12-28-21(23)26/h2-7,10,17,24H,8-9,11-12H2,1H3. The molecule has 2 amide bonds. The second kappa shape index (κ2) is 8.52. The van der Waals surface area contributed by atoms with Gasteiger partial charge in [0.05, 0.1) is 24.1 Å². The van der Waals surface area contributed by atoms with Crippen molar-refractivity contribution < 1.29 is 19.1 Å². The number of imide groups is 1. The highest BCUT2D eigenvalue weighted by Gasteiger charge is 2.30. The molecule has 1 saturated heterocycles. The Morgan fingerprint density at radius 3 is 2.72 bits per heavy atom. The van der Waals surface area contributed by atoms with Crippen LogP contribution in [0.3, 0.4) is 0 Å². The predicted molar refractivity (Wildman–Crippen MR) is 113 cm³/mol. The summed E-state index contributed by atoms with van der Waals surface area (Å²) in [4.78, 5) is 31.0. The molecule has 1 N–H and O–H groups in total. The van der Waals surface area contributed by atoms with Crippen LogP contribution in [0, 0.1) is 6.92 Å². The van der Waals surface area contributed by atoms with Crippen LogP contribution in [-0.2, 0) is 17.8 Å². The molecule has 150 valence electrons. The Kier molecular flexibility index (Phi) is 5.84. The molecule has 6 nitrogen and oxygen atoms in total. The smallest absolute Gasteiger partial charge is 0.289 e. The highest BCUT2D eigenvalue weighted by molar-refractivity contribution is 8.14. The minimum absolute atomic E-state index is 0.161. The molecule has 3 heterocycles. The highest BCUT2D eigenvalue weighted by Crippen LogP contribution is 2.30. The summed E-state index contributed by atoms with van der Waals surface area (Å²) in [5.74, 6) is 1.39. The van der Waals surface area contributed by atoms with Gasteiger partial charge in [-0.15, -0.1) is 11.3 Å². The first-order valence-corrected chi connectivity index (χ1v) is 11.1. The number of nitrogens with zero attached hydrogens (tertiary/aromatic N) is 2. The van der Waals surface area contributed by atoms with Crippen molar-refractivity contribution in [3.8, 4) is 11.5 Å². The fourth-order valence-electron chi connectivity index (χ4n) is 3.13. The van der Waals surface area contributed by atoms with Gasteiger partial charge in [0, 0.05) is 15.3 Å². The topological polar surface area (TPSA) is 83.6 Å². The molecular formula is C21H20N2O4S2. The van der Waals surface area contributed by atoms with E-state index >= 15 is 0 Å². The van der Waals surface area contributed by atoms with Crippen molar-refractivity contribution >= 4 is 34.2 Å². The number of hydrogen-bond donors (Lipinski definition) is 1. The molecule has 1 aromatic carbocycles. The van der Waals surface area contributed by atoms with E-state index in [1.54, 1.807) is 0 Å². The second-order valence-electron chi connectivity index (χ2n) is 6.78. The largest absolute Gasteiger partial charge is 0.441 e. The SMILES string of the molecule is Cc1oc(-c2ccccc2)nc1CCC(O)c1ccc(CN2C(=O)CSC2=O)s1. The minimum atomic E-state index is -0.635. The quantitative estimate of drug-likeness (QED) is 0.593. The van der Waals surface area contributed by atoms with Gasteiger partial charge in [0.1, 0.15) is 5.76 Å². The van der Waals surface area contributed by atoms with Crippen LogP contribution in [0.2, 0.25) is 0 Å². The molecule has 0 bridgehead atoms. The second-order valence-corrected chi connectivity index (χ2v) is 8.91. The van der Waals surface area contributed by atoms with E-state index in [0.29, 0.717) is 18.7 Å². The Hall–Kier alpha value is -2.42.